The van der Waals surface area contributed by atoms with E-state index in [4.69, 9.17) is 4.74 Å². The number of benzene rings is 2. The maximum Gasteiger partial charge on any atom is 0.267 e. The van der Waals surface area contributed by atoms with Crippen LogP contribution in [0.1, 0.15) is 15.9 Å². The van der Waals surface area contributed by atoms with Gasteiger partial charge in [-0.1, -0.05) is 18.2 Å². The number of ether oxygens (including phenoxy) is 1. The standard InChI is InChI=1S/C31H28N6O3.ClH/c1-21-18-22(35-30(38)24-8-5-15-37(31(24)39)23-6-3-2-4-7-23)9-10-27(21)40-28-11-12-33-26-20-34-29(19-25(26)28)36-16-13-32-14-17-36;/h2-12,15,18-20,32H,13-14,16-17H2,1H3,(H,35,38);1H. The topological polar surface area (TPSA) is 101 Å². The number of hydrogen-bond acceptors (Lipinski definition) is 7. The second kappa shape index (κ2) is 12.2. The molecule has 2 N–H and O–H groups in total. The van der Waals surface area contributed by atoms with Gasteiger partial charge in [-0.15, -0.1) is 12.4 Å². The van der Waals surface area contributed by atoms with Crippen LogP contribution in [0.5, 0.6) is 11.5 Å². The number of piperazine rings is 1. The third-order valence-corrected chi connectivity index (χ3v) is 6.89. The highest BCUT2D eigenvalue weighted by molar-refractivity contribution is 6.04. The van der Waals surface area contributed by atoms with Gasteiger partial charge in [-0.2, -0.15) is 0 Å². The van der Waals surface area contributed by atoms with Crippen molar-refractivity contribution in [3.8, 4) is 17.2 Å². The Labute approximate surface area is 243 Å². The molecular weight excluding hydrogens is 540 g/mol. The molecule has 208 valence electrons. The van der Waals surface area contributed by atoms with Crippen LogP contribution in [-0.4, -0.2) is 46.6 Å². The van der Waals surface area contributed by atoms with Crippen molar-refractivity contribution >= 4 is 40.7 Å². The van der Waals surface area contributed by atoms with Gasteiger partial charge in [-0.05, 0) is 67.1 Å². The predicted octanol–water partition coefficient (Wildman–Crippen LogP) is 4.97. The number of aromatic nitrogens is 3. The Morgan fingerprint density at radius 3 is 2.54 bits per heavy atom. The van der Waals surface area contributed by atoms with Gasteiger partial charge in [0.1, 0.15) is 22.9 Å². The fourth-order valence-corrected chi connectivity index (χ4v) is 4.79. The molecule has 0 aliphatic carbocycles. The molecule has 1 amide bonds. The summed E-state index contributed by atoms with van der Waals surface area (Å²) in [5.74, 6) is 1.75. The van der Waals surface area contributed by atoms with Crippen molar-refractivity contribution < 1.29 is 9.53 Å². The van der Waals surface area contributed by atoms with E-state index in [1.807, 2.05) is 61.5 Å². The van der Waals surface area contributed by atoms with Gasteiger partial charge in [-0.25, -0.2) is 4.98 Å². The summed E-state index contributed by atoms with van der Waals surface area (Å²) in [7, 11) is 0. The number of nitrogens with one attached hydrogen (secondary N) is 2. The van der Waals surface area contributed by atoms with Gasteiger partial charge < -0.3 is 20.3 Å². The molecule has 0 radical (unpaired) electrons. The summed E-state index contributed by atoms with van der Waals surface area (Å²) in [5, 5.41) is 7.08. The fraction of sp³-hybridized carbons (Fsp3) is 0.161. The van der Waals surface area contributed by atoms with E-state index in [2.05, 4.69) is 25.5 Å². The molecule has 0 spiro atoms. The Balaban J connectivity index is 0.00000337. The molecule has 2 aromatic carbocycles. The summed E-state index contributed by atoms with van der Waals surface area (Å²) in [5.41, 5.74) is 2.51. The fourth-order valence-electron chi connectivity index (χ4n) is 4.79. The van der Waals surface area contributed by atoms with Gasteiger partial charge in [0.25, 0.3) is 11.5 Å². The molecule has 0 saturated carbocycles. The van der Waals surface area contributed by atoms with Gasteiger partial charge in [0.15, 0.2) is 0 Å². The molecular formula is C31H29ClN6O3. The monoisotopic (exact) mass is 568 g/mol. The van der Waals surface area contributed by atoms with Crippen molar-refractivity contribution in [3.63, 3.8) is 0 Å². The van der Waals surface area contributed by atoms with Gasteiger partial charge >= 0.3 is 0 Å². The molecule has 10 heteroatoms. The number of fused-ring (bicyclic) bond motifs is 1. The molecule has 41 heavy (non-hydrogen) atoms. The molecule has 1 fully saturated rings. The SMILES string of the molecule is Cc1cc(NC(=O)c2cccn(-c3ccccc3)c2=O)ccc1Oc1ccnc2cnc(N3CCNCC3)cc12.Cl. The molecule has 1 aliphatic heterocycles. The highest BCUT2D eigenvalue weighted by Gasteiger charge is 2.16. The number of carbonyl (C=O) groups is 1. The number of nitrogens with zero attached hydrogens (tertiary/aromatic N) is 4. The number of para-hydroxylation sites is 1. The van der Waals surface area contributed by atoms with Crippen molar-refractivity contribution in [1.82, 2.24) is 19.9 Å². The molecule has 0 atom stereocenters. The van der Waals surface area contributed by atoms with E-state index in [0.717, 1.165) is 48.5 Å². The maximum absolute atomic E-state index is 13.0. The second-order valence-corrected chi connectivity index (χ2v) is 9.57. The Morgan fingerprint density at radius 1 is 0.951 bits per heavy atom. The zero-order valence-corrected chi connectivity index (χ0v) is 23.2. The van der Waals surface area contributed by atoms with Crippen LogP contribution in [0.4, 0.5) is 11.5 Å². The van der Waals surface area contributed by atoms with E-state index in [9.17, 15) is 9.59 Å². The Hall–Kier alpha value is -4.73. The number of halogens is 1. The average molecular weight is 569 g/mol. The first-order valence-electron chi connectivity index (χ1n) is 13.1. The number of amides is 1. The summed E-state index contributed by atoms with van der Waals surface area (Å²) < 4.78 is 7.79. The zero-order valence-electron chi connectivity index (χ0n) is 22.4. The highest BCUT2D eigenvalue weighted by atomic mass is 35.5. The van der Waals surface area contributed by atoms with Gasteiger partial charge in [0.05, 0.1) is 11.7 Å². The maximum atomic E-state index is 13.0. The smallest absolute Gasteiger partial charge is 0.267 e. The van der Waals surface area contributed by atoms with Crippen LogP contribution >= 0.6 is 12.4 Å². The van der Waals surface area contributed by atoms with E-state index < -0.39 is 5.91 Å². The lowest BCUT2D eigenvalue weighted by Crippen LogP contribution is -2.43. The number of rotatable bonds is 6. The van der Waals surface area contributed by atoms with E-state index in [1.165, 1.54) is 10.6 Å². The van der Waals surface area contributed by atoms with Crippen LogP contribution in [0.25, 0.3) is 16.6 Å². The zero-order chi connectivity index (χ0) is 27.5. The van der Waals surface area contributed by atoms with Crippen LogP contribution < -0.4 is 25.8 Å². The van der Waals surface area contributed by atoms with Crippen LogP contribution in [0.3, 0.4) is 0 Å². The minimum atomic E-state index is -0.476. The average Bonchev–Trinajstić information content (AvgIpc) is 2.99. The molecule has 6 rings (SSSR count). The summed E-state index contributed by atoms with van der Waals surface area (Å²) >= 11 is 0. The molecule has 4 heterocycles. The Morgan fingerprint density at radius 2 is 1.76 bits per heavy atom. The summed E-state index contributed by atoms with van der Waals surface area (Å²) in [6.07, 6.45) is 5.13. The molecule has 1 saturated heterocycles. The van der Waals surface area contributed by atoms with E-state index >= 15 is 0 Å². The molecule has 0 bridgehead atoms. The van der Waals surface area contributed by atoms with Crippen molar-refractivity contribution in [3.05, 3.63) is 113 Å². The molecule has 3 aromatic heterocycles. The van der Waals surface area contributed by atoms with Crippen LogP contribution in [0, 0.1) is 6.92 Å². The lowest BCUT2D eigenvalue weighted by atomic mass is 10.1. The summed E-state index contributed by atoms with van der Waals surface area (Å²) in [6.45, 7) is 5.54. The van der Waals surface area contributed by atoms with E-state index in [0.29, 0.717) is 22.9 Å². The predicted molar refractivity (Wildman–Crippen MR) is 163 cm³/mol. The first-order chi connectivity index (χ1) is 19.6. The van der Waals surface area contributed by atoms with Crippen molar-refractivity contribution in [2.45, 2.75) is 6.92 Å². The molecule has 5 aromatic rings. The first kappa shape index (κ1) is 27.8. The normalized spacial score (nSPS) is 13.0. The Bertz CT molecular complexity index is 1750. The lowest BCUT2D eigenvalue weighted by Gasteiger charge is -2.28. The quantitative estimate of drug-likeness (QED) is 0.298. The second-order valence-electron chi connectivity index (χ2n) is 9.57. The van der Waals surface area contributed by atoms with Gasteiger partial charge in [0, 0.05) is 55.3 Å². The summed E-state index contributed by atoms with van der Waals surface area (Å²) in [4.78, 5) is 37.4. The van der Waals surface area contributed by atoms with Crippen molar-refractivity contribution in [2.75, 3.05) is 36.4 Å². The summed E-state index contributed by atoms with van der Waals surface area (Å²) in [6, 6.07) is 21.7. The number of carbonyl (C=O) groups excluding carboxylic acids is 1. The van der Waals surface area contributed by atoms with Crippen molar-refractivity contribution in [1.29, 1.82) is 0 Å². The minimum Gasteiger partial charge on any atom is -0.456 e. The third kappa shape index (κ3) is 5.91. The third-order valence-electron chi connectivity index (χ3n) is 6.89. The highest BCUT2D eigenvalue weighted by Crippen LogP contribution is 2.33. The number of hydrogen-bond donors (Lipinski definition) is 2. The Kier molecular flexibility index (Phi) is 8.28. The number of aryl methyl sites for hydroxylation is 1. The number of pyridine rings is 3. The van der Waals surface area contributed by atoms with E-state index in [-0.39, 0.29) is 23.5 Å². The molecule has 0 unspecified atom stereocenters. The first-order valence-corrected chi connectivity index (χ1v) is 13.1. The van der Waals surface area contributed by atoms with Gasteiger partial charge in [0.2, 0.25) is 0 Å². The van der Waals surface area contributed by atoms with Crippen LogP contribution in [-0.2, 0) is 0 Å². The molecule has 9 nitrogen and oxygen atoms in total. The van der Waals surface area contributed by atoms with Gasteiger partial charge in [-0.3, -0.25) is 19.1 Å². The number of anilines is 2. The van der Waals surface area contributed by atoms with Crippen LogP contribution in [0.2, 0.25) is 0 Å². The molecule has 1 aliphatic rings. The van der Waals surface area contributed by atoms with Crippen molar-refractivity contribution in [2.24, 2.45) is 0 Å². The largest absolute Gasteiger partial charge is 0.456 e. The van der Waals surface area contributed by atoms with Crippen LogP contribution in [0.15, 0.2) is 96.2 Å². The minimum absolute atomic E-state index is 0. The van der Waals surface area contributed by atoms with E-state index in [1.54, 1.807) is 30.7 Å². The lowest BCUT2D eigenvalue weighted by molar-refractivity contribution is 0.102.